The zero-order valence-electron chi connectivity index (χ0n) is 18.8. The minimum absolute atomic E-state index is 0.0940. The molecule has 0 unspecified atom stereocenters. The van der Waals surface area contributed by atoms with Gasteiger partial charge in [0, 0.05) is 26.2 Å². The Labute approximate surface area is 198 Å². The number of ether oxygens (including phenoxy) is 1. The summed E-state index contributed by atoms with van der Waals surface area (Å²) in [7, 11) is -2.13. The molecule has 1 saturated heterocycles. The van der Waals surface area contributed by atoms with Crippen molar-refractivity contribution in [2.45, 2.75) is 4.90 Å². The van der Waals surface area contributed by atoms with Crippen LogP contribution in [0.5, 0.6) is 5.75 Å². The summed E-state index contributed by atoms with van der Waals surface area (Å²) < 4.78 is 32.8. The molecule has 1 aliphatic rings. The number of fused-ring (bicyclic) bond motifs is 1. The largest absolute Gasteiger partial charge is 0.496 e. The molecule has 0 spiro atoms. The van der Waals surface area contributed by atoms with E-state index in [0.29, 0.717) is 11.3 Å². The molecule has 178 valence electrons. The van der Waals surface area contributed by atoms with E-state index in [-0.39, 0.29) is 49.4 Å². The molecule has 1 fully saturated rings. The number of para-hydroxylation sites is 1. The third kappa shape index (κ3) is 4.97. The maximum absolute atomic E-state index is 13.1. The Kier molecular flexibility index (Phi) is 6.99. The highest BCUT2D eigenvalue weighted by atomic mass is 32.2. The normalized spacial score (nSPS) is 15.3. The van der Waals surface area contributed by atoms with Gasteiger partial charge in [-0.15, -0.1) is 0 Å². The van der Waals surface area contributed by atoms with Gasteiger partial charge in [-0.2, -0.15) is 4.31 Å². The lowest BCUT2D eigenvalue weighted by molar-refractivity contribution is -0.137. The smallest absolute Gasteiger partial charge is 0.263 e. The Morgan fingerprint density at radius 3 is 2.38 bits per heavy atom. The van der Waals surface area contributed by atoms with E-state index in [4.69, 9.17) is 15.3 Å². The average molecular weight is 483 g/mol. The summed E-state index contributed by atoms with van der Waals surface area (Å²) in [5.41, 5.74) is 6.50. The van der Waals surface area contributed by atoms with Crippen molar-refractivity contribution in [1.29, 1.82) is 0 Å². The van der Waals surface area contributed by atoms with Crippen molar-refractivity contribution in [3.05, 3.63) is 72.3 Å². The molecule has 3 aromatic carbocycles. The van der Waals surface area contributed by atoms with Gasteiger partial charge in [0.15, 0.2) is 12.4 Å². The second-order valence-corrected chi connectivity index (χ2v) is 9.68. The van der Waals surface area contributed by atoms with Gasteiger partial charge >= 0.3 is 0 Å². The first-order valence-electron chi connectivity index (χ1n) is 10.8. The highest BCUT2D eigenvalue weighted by Gasteiger charge is 2.30. The van der Waals surface area contributed by atoms with Gasteiger partial charge in [0.05, 0.1) is 17.6 Å². The summed E-state index contributed by atoms with van der Waals surface area (Å²) in [4.78, 5) is 19.5. The minimum atomic E-state index is -3.65. The number of carbonyl (C=O) groups excluding carboxylic acids is 1. The maximum Gasteiger partial charge on any atom is 0.263 e. The summed E-state index contributed by atoms with van der Waals surface area (Å²) >= 11 is 0. The van der Waals surface area contributed by atoms with Crippen LogP contribution in [-0.2, 0) is 19.7 Å². The van der Waals surface area contributed by atoms with Crippen molar-refractivity contribution in [2.24, 2.45) is 10.9 Å². The number of sulfonamides is 1. The fraction of sp³-hybridized carbons (Fsp3) is 0.250. The van der Waals surface area contributed by atoms with E-state index in [1.165, 1.54) is 11.4 Å². The van der Waals surface area contributed by atoms with Gasteiger partial charge in [-0.05, 0) is 35.0 Å². The molecule has 4 rings (SSSR count). The molecule has 0 aromatic heterocycles. The standard InChI is InChI=1S/C24H26N4O5S/c1-32-22-9-5-4-8-21(22)24(25)26-33-17-23(29)27-12-14-28(15-13-27)34(30,31)20-11-10-18-6-2-3-7-19(18)16-20/h2-11,16H,12-15,17H2,1H3,(H2,25,26). The van der Waals surface area contributed by atoms with E-state index < -0.39 is 10.0 Å². The third-order valence-electron chi connectivity index (χ3n) is 5.68. The van der Waals surface area contributed by atoms with Crippen LogP contribution >= 0.6 is 0 Å². The first kappa shape index (κ1) is 23.5. The van der Waals surface area contributed by atoms with Crippen molar-refractivity contribution in [2.75, 3.05) is 39.9 Å². The summed E-state index contributed by atoms with van der Waals surface area (Å²) in [6, 6.07) is 19.8. The van der Waals surface area contributed by atoms with Gasteiger partial charge < -0.3 is 20.2 Å². The number of nitrogens with two attached hydrogens (primary N) is 1. The van der Waals surface area contributed by atoms with Gasteiger partial charge in [0.25, 0.3) is 5.91 Å². The first-order valence-corrected chi connectivity index (χ1v) is 12.2. The van der Waals surface area contributed by atoms with E-state index in [0.717, 1.165) is 10.8 Å². The van der Waals surface area contributed by atoms with E-state index in [1.54, 1.807) is 47.4 Å². The number of rotatable bonds is 7. The Morgan fingerprint density at radius 1 is 0.971 bits per heavy atom. The van der Waals surface area contributed by atoms with Gasteiger partial charge in [-0.3, -0.25) is 4.79 Å². The molecule has 0 atom stereocenters. The van der Waals surface area contributed by atoms with Crippen LogP contribution in [0.4, 0.5) is 0 Å². The summed E-state index contributed by atoms with van der Waals surface area (Å²) in [6.07, 6.45) is 0. The predicted molar refractivity (Wildman–Crippen MR) is 129 cm³/mol. The van der Waals surface area contributed by atoms with Crippen molar-refractivity contribution in [3.63, 3.8) is 0 Å². The maximum atomic E-state index is 13.1. The zero-order valence-corrected chi connectivity index (χ0v) is 19.6. The molecule has 9 nitrogen and oxygen atoms in total. The highest BCUT2D eigenvalue weighted by molar-refractivity contribution is 7.89. The highest BCUT2D eigenvalue weighted by Crippen LogP contribution is 2.23. The number of hydrogen-bond donors (Lipinski definition) is 1. The van der Waals surface area contributed by atoms with E-state index in [2.05, 4.69) is 5.16 Å². The Morgan fingerprint density at radius 2 is 1.65 bits per heavy atom. The molecule has 3 aromatic rings. The number of amides is 1. The van der Waals surface area contributed by atoms with E-state index in [9.17, 15) is 13.2 Å². The van der Waals surface area contributed by atoms with Crippen LogP contribution in [0.25, 0.3) is 10.8 Å². The van der Waals surface area contributed by atoms with Crippen LogP contribution in [0.2, 0.25) is 0 Å². The molecule has 0 aliphatic carbocycles. The third-order valence-corrected chi connectivity index (χ3v) is 7.58. The second kappa shape index (κ2) is 10.1. The number of piperazine rings is 1. The molecular formula is C24H26N4O5S. The Balaban J connectivity index is 1.33. The summed E-state index contributed by atoms with van der Waals surface area (Å²) in [6.45, 7) is 0.635. The van der Waals surface area contributed by atoms with Gasteiger partial charge in [0.1, 0.15) is 5.75 Å². The predicted octanol–water partition coefficient (Wildman–Crippen LogP) is 2.02. The fourth-order valence-corrected chi connectivity index (χ4v) is 5.27. The molecule has 0 radical (unpaired) electrons. The van der Waals surface area contributed by atoms with Crippen LogP contribution in [0.1, 0.15) is 5.56 Å². The van der Waals surface area contributed by atoms with Gasteiger partial charge in [-0.1, -0.05) is 47.6 Å². The average Bonchev–Trinajstić information content (AvgIpc) is 2.88. The van der Waals surface area contributed by atoms with Crippen molar-refractivity contribution in [3.8, 4) is 5.75 Å². The number of nitrogens with zero attached hydrogens (tertiary/aromatic N) is 3. The molecular weight excluding hydrogens is 456 g/mol. The van der Waals surface area contributed by atoms with Crippen LogP contribution in [-0.4, -0.2) is 69.3 Å². The number of carbonyl (C=O) groups is 1. The number of hydrogen-bond acceptors (Lipinski definition) is 6. The van der Waals surface area contributed by atoms with E-state index in [1.807, 2.05) is 24.3 Å². The number of oxime groups is 1. The quantitative estimate of drug-likeness (QED) is 0.313. The molecule has 1 aliphatic heterocycles. The summed E-state index contributed by atoms with van der Waals surface area (Å²) in [5, 5.41) is 5.66. The summed E-state index contributed by atoms with van der Waals surface area (Å²) in [5.74, 6) is 0.346. The molecule has 1 heterocycles. The van der Waals surface area contributed by atoms with Crippen molar-refractivity contribution in [1.82, 2.24) is 9.21 Å². The van der Waals surface area contributed by atoms with E-state index >= 15 is 0 Å². The zero-order chi connectivity index (χ0) is 24.1. The molecule has 0 bridgehead atoms. The van der Waals surface area contributed by atoms with Crippen LogP contribution < -0.4 is 10.5 Å². The second-order valence-electron chi connectivity index (χ2n) is 7.74. The van der Waals surface area contributed by atoms with Crippen LogP contribution in [0, 0.1) is 0 Å². The van der Waals surface area contributed by atoms with Crippen LogP contribution in [0.3, 0.4) is 0 Å². The molecule has 34 heavy (non-hydrogen) atoms. The topological polar surface area (TPSA) is 115 Å². The number of methoxy groups -OCH3 is 1. The molecule has 2 N–H and O–H groups in total. The minimum Gasteiger partial charge on any atom is -0.496 e. The number of benzene rings is 3. The van der Waals surface area contributed by atoms with Crippen molar-refractivity contribution >= 4 is 32.5 Å². The Bertz CT molecular complexity index is 1320. The monoisotopic (exact) mass is 482 g/mol. The van der Waals surface area contributed by atoms with Crippen molar-refractivity contribution < 1.29 is 22.8 Å². The van der Waals surface area contributed by atoms with Gasteiger partial charge in [-0.25, -0.2) is 8.42 Å². The molecule has 1 amide bonds. The lowest BCUT2D eigenvalue weighted by Crippen LogP contribution is -2.51. The lowest BCUT2D eigenvalue weighted by Gasteiger charge is -2.33. The van der Waals surface area contributed by atoms with Crippen LogP contribution in [0.15, 0.2) is 76.8 Å². The molecule has 10 heteroatoms. The SMILES string of the molecule is COc1ccccc1/C(N)=N/OCC(=O)N1CCN(S(=O)(=O)c2ccc3ccccc3c2)CC1. The lowest BCUT2D eigenvalue weighted by atomic mass is 10.1. The molecule has 0 saturated carbocycles. The van der Waals surface area contributed by atoms with Gasteiger partial charge in [0.2, 0.25) is 10.0 Å². The number of amidine groups is 1. The first-order chi connectivity index (χ1) is 16.4. The Hall–Kier alpha value is -3.63. The fourth-order valence-electron chi connectivity index (χ4n) is 3.81.